The predicted molar refractivity (Wildman–Crippen MR) is 81.1 cm³/mol. The van der Waals surface area contributed by atoms with E-state index in [1.54, 1.807) is 6.20 Å². The molecule has 1 aliphatic carbocycles. The molecule has 0 atom stereocenters. The Morgan fingerprint density at radius 1 is 1.29 bits per heavy atom. The average Bonchev–Trinajstić information content (AvgIpc) is 2.52. The molecule has 1 saturated carbocycles. The molecule has 2 rings (SSSR count). The highest BCUT2D eigenvalue weighted by atomic mass is 32.2. The van der Waals surface area contributed by atoms with E-state index in [0.717, 1.165) is 30.7 Å². The molecule has 1 aliphatic rings. The third kappa shape index (κ3) is 5.38. The zero-order chi connectivity index (χ0) is 15.1. The number of carboxylic acids is 1. The number of nitrogens with one attached hydrogen (secondary N) is 1. The van der Waals surface area contributed by atoms with Gasteiger partial charge in [-0.05, 0) is 43.7 Å². The van der Waals surface area contributed by atoms with Crippen molar-refractivity contribution in [2.45, 2.75) is 30.7 Å². The van der Waals surface area contributed by atoms with Gasteiger partial charge in [-0.1, -0.05) is 17.8 Å². The standard InChI is InChI=1S/C15H20N2O3S/c18-13(10-21-14-3-1-2-8-16-14)17-9-11-4-6-12(7-5-11)15(19)20/h1-3,8,11-12H,4-7,9-10H2,(H,17,18)(H,19,20). The minimum atomic E-state index is -0.691. The number of carboxylic acid groups (broad SMARTS) is 1. The highest BCUT2D eigenvalue weighted by molar-refractivity contribution is 7.99. The van der Waals surface area contributed by atoms with E-state index in [2.05, 4.69) is 10.3 Å². The monoisotopic (exact) mass is 308 g/mol. The first-order valence-electron chi connectivity index (χ1n) is 7.18. The maximum atomic E-state index is 11.8. The summed E-state index contributed by atoms with van der Waals surface area (Å²) in [6.07, 6.45) is 4.91. The van der Waals surface area contributed by atoms with E-state index < -0.39 is 5.97 Å². The Hall–Kier alpha value is -1.56. The lowest BCUT2D eigenvalue weighted by atomic mass is 9.82. The average molecular weight is 308 g/mol. The largest absolute Gasteiger partial charge is 0.481 e. The molecule has 0 bridgehead atoms. The number of carbonyl (C=O) groups is 2. The summed E-state index contributed by atoms with van der Waals surface area (Å²) in [5.74, 6) is -0.113. The molecule has 1 fully saturated rings. The highest BCUT2D eigenvalue weighted by Gasteiger charge is 2.25. The molecule has 6 heteroatoms. The van der Waals surface area contributed by atoms with Crippen LogP contribution >= 0.6 is 11.8 Å². The van der Waals surface area contributed by atoms with Crippen molar-refractivity contribution in [1.82, 2.24) is 10.3 Å². The van der Waals surface area contributed by atoms with E-state index in [0.29, 0.717) is 18.2 Å². The molecule has 5 nitrogen and oxygen atoms in total. The molecule has 21 heavy (non-hydrogen) atoms. The zero-order valence-corrected chi connectivity index (χ0v) is 12.6. The van der Waals surface area contributed by atoms with Crippen molar-refractivity contribution in [3.63, 3.8) is 0 Å². The third-order valence-corrected chi connectivity index (χ3v) is 4.72. The van der Waals surface area contributed by atoms with Crippen LogP contribution in [0.5, 0.6) is 0 Å². The topological polar surface area (TPSA) is 79.3 Å². The Kier molecular flexibility index (Phi) is 6.04. The molecule has 0 spiro atoms. The van der Waals surface area contributed by atoms with Gasteiger partial charge in [0.15, 0.2) is 0 Å². The Bertz CT molecular complexity index is 473. The summed E-state index contributed by atoms with van der Waals surface area (Å²) in [6, 6.07) is 5.62. The fourth-order valence-corrected chi connectivity index (χ4v) is 3.19. The Morgan fingerprint density at radius 2 is 2.05 bits per heavy atom. The van der Waals surface area contributed by atoms with Crippen molar-refractivity contribution in [3.05, 3.63) is 24.4 Å². The summed E-state index contributed by atoms with van der Waals surface area (Å²) in [5, 5.41) is 12.7. The summed E-state index contributed by atoms with van der Waals surface area (Å²) in [5.41, 5.74) is 0. The number of carbonyl (C=O) groups excluding carboxylic acids is 1. The first-order valence-corrected chi connectivity index (χ1v) is 8.17. The second kappa shape index (κ2) is 8.02. The van der Waals surface area contributed by atoms with Crippen LogP contribution in [0, 0.1) is 11.8 Å². The van der Waals surface area contributed by atoms with Crippen LogP contribution in [-0.4, -0.2) is 34.3 Å². The second-order valence-electron chi connectivity index (χ2n) is 5.32. The van der Waals surface area contributed by atoms with Crippen molar-refractivity contribution in [2.24, 2.45) is 11.8 Å². The SMILES string of the molecule is O=C(CSc1ccccn1)NCC1CCC(C(=O)O)CC1. The van der Waals surface area contributed by atoms with Crippen LogP contribution in [0.1, 0.15) is 25.7 Å². The first-order chi connectivity index (χ1) is 10.1. The van der Waals surface area contributed by atoms with E-state index in [1.807, 2.05) is 18.2 Å². The molecular formula is C15H20N2O3S. The molecule has 0 radical (unpaired) electrons. The number of amides is 1. The number of rotatable bonds is 6. The number of hydrogen-bond acceptors (Lipinski definition) is 4. The van der Waals surface area contributed by atoms with E-state index in [-0.39, 0.29) is 11.8 Å². The zero-order valence-electron chi connectivity index (χ0n) is 11.8. The van der Waals surface area contributed by atoms with Gasteiger partial charge in [-0.15, -0.1) is 0 Å². The summed E-state index contributed by atoms with van der Waals surface area (Å²) in [4.78, 5) is 26.8. The molecule has 0 aliphatic heterocycles. The van der Waals surface area contributed by atoms with Crippen molar-refractivity contribution >= 4 is 23.6 Å². The van der Waals surface area contributed by atoms with Gasteiger partial charge in [0.1, 0.15) is 0 Å². The quantitative estimate of drug-likeness (QED) is 0.787. The Morgan fingerprint density at radius 3 is 2.67 bits per heavy atom. The molecule has 1 aromatic heterocycles. The maximum absolute atomic E-state index is 11.8. The second-order valence-corrected chi connectivity index (χ2v) is 6.31. The normalized spacial score (nSPS) is 21.7. The minimum Gasteiger partial charge on any atom is -0.481 e. The van der Waals surface area contributed by atoms with Gasteiger partial charge in [-0.2, -0.15) is 0 Å². The minimum absolute atomic E-state index is 0.00557. The number of aliphatic carboxylic acids is 1. The fourth-order valence-electron chi connectivity index (χ4n) is 2.49. The Labute approximate surface area is 128 Å². The van der Waals surface area contributed by atoms with Gasteiger partial charge < -0.3 is 10.4 Å². The Balaban J connectivity index is 1.62. The lowest BCUT2D eigenvalue weighted by Crippen LogP contribution is -2.33. The summed E-state index contributed by atoms with van der Waals surface area (Å²) >= 11 is 1.42. The van der Waals surface area contributed by atoms with E-state index in [9.17, 15) is 9.59 Å². The van der Waals surface area contributed by atoms with Crippen LogP contribution in [0.25, 0.3) is 0 Å². The summed E-state index contributed by atoms with van der Waals surface area (Å²) < 4.78 is 0. The number of pyridine rings is 1. The van der Waals surface area contributed by atoms with Crippen LogP contribution < -0.4 is 5.32 Å². The first kappa shape index (κ1) is 15.8. The number of thioether (sulfide) groups is 1. The molecule has 0 unspecified atom stereocenters. The van der Waals surface area contributed by atoms with Crippen molar-refractivity contribution in [3.8, 4) is 0 Å². The molecule has 0 saturated heterocycles. The fraction of sp³-hybridized carbons (Fsp3) is 0.533. The third-order valence-electron chi connectivity index (χ3n) is 3.77. The summed E-state index contributed by atoms with van der Waals surface area (Å²) in [6.45, 7) is 0.647. The van der Waals surface area contributed by atoms with Gasteiger partial charge in [0, 0.05) is 12.7 Å². The van der Waals surface area contributed by atoms with E-state index in [1.165, 1.54) is 11.8 Å². The lowest BCUT2D eigenvalue weighted by molar-refractivity contribution is -0.143. The predicted octanol–water partition coefficient (Wildman–Crippen LogP) is 2.18. The van der Waals surface area contributed by atoms with Gasteiger partial charge in [0.05, 0.1) is 16.7 Å². The van der Waals surface area contributed by atoms with Crippen LogP contribution in [0.4, 0.5) is 0 Å². The van der Waals surface area contributed by atoms with Gasteiger partial charge in [0.2, 0.25) is 5.91 Å². The number of hydrogen-bond donors (Lipinski definition) is 2. The lowest BCUT2D eigenvalue weighted by Gasteiger charge is -2.26. The van der Waals surface area contributed by atoms with Crippen LogP contribution in [0.15, 0.2) is 29.4 Å². The molecule has 1 amide bonds. The van der Waals surface area contributed by atoms with Gasteiger partial charge in [0.25, 0.3) is 0 Å². The van der Waals surface area contributed by atoms with Gasteiger partial charge in [-0.25, -0.2) is 4.98 Å². The molecular weight excluding hydrogens is 288 g/mol. The molecule has 114 valence electrons. The summed E-state index contributed by atoms with van der Waals surface area (Å²) in [7, 11) is 0. The van der Waals surface area contributed by atoms with Crippen LogP contribution in [-0.2, 0) is 9.59 Å². The van der Waals surface area contributed by atoms with E-state index in [4.69, 9.17) is 5.11 Å². The molecule has 1 heterocycles. The molecule has 1 aromatic rings. The van der Waals surface area contributed by atoms with Crippen LogP contribution in [0.3, 0.4) is 0 Å². The van der Waals surface area contributed by atoms with Crippen molar-refractivity contribution in [1.29, 1.82) is 0 Å². The van der Waals surface area contributed by atoms with Crippen molar-refractivity contribution < 1.29 is 14.7 Å². The smallest absolute Gasteiger partial charge is 0.306 e. The number of nitrogens with zero attached hydrogens (tertiary/aromatic N) is 1. The van der Waals surface area contributed by atoms with Crippen molar-refractivity contribution in [2.75, 3.05) is 12.3 Å². The number of aromatic nitrogens is 1. The molecule has 0 aromatic carbocycles. The van der Waals surface area contributed by atoms with Crippen LogP contribution in [0.2, 0.25) is 0 Å². The van der Waals surface area contributed by atoms with Gasteiger partial charge in [-0.3, -0.25) is 9.59 Å². The van der Waals surface area contributed by atoms with Gasteiger partial charge >= 0.3 is 5.97 Å². The highest BCUT2D eigenvalue weighted by Crippen LogP contribution is 2.28. The maximum Gasteiger partial charge on any atom is 0.306 e. The molecule has 2 N–H and O–H groups in total. The van der Waals surface area contributed by atoms with E-state index >= 15 is 0 Å².